The minimum absolute atomic E-state index is 0.101. The van der Waals surface area contributed by atoms with Gasteiger partial charge in [-0.15, -0.1) is 0 Å². The normalized spacial score (nSPS) is 10.0. The fraction of sp³-hybridized carbons (Fsp3) is 0.0769. The van der Waals surface area contributed by atoms with Crippen molar-refractivity contribution in [2.75, 3.05) is 5.32 Å². The molecule has 1 N–H and O–H groups in total. The van der Waals surface area contributed by atoms with Crippen LogP contribution in [0.4, 0.5) is 10.2 Å². The standard InChI is InChI=1S/C13H9BrFN3O3/c14-8-1-2-10(15)9(5-8)13(20)18-12-11(6-21-7-19)16-3-4-17-12/h1-5,7H,6H2,(H,17,18,20). The number of ether oxygens (including phenoxy) is 1. The smallest absolute Gasteiger partial charge is 0.293 e. The number of benzene rings is 1. The number of amides is 1. The highest BCUT2D eigenvalue weighted by Crippen LogP contribution is 2.17. The summed E-state index contributed by atoms with van der Waals surface area (Å²) in [5.41, 5.74) is 0.116. The van der Waals surface area contributed by atoms with Crippen LogP contribution in [-0.2, 0) is 16.1 Å². The van der Waals surface area contributed by atoms with Crippen LogP contribution >= 0.6 is 15.9 Å². The topological polar surface area (TPSA) is 81.2 Å². The summed E-state index contributed by atoms with van der Waals surface area (Å²) in [5, 5.41) is 2.43. The second kappa shape index (κ2) is 6.89. The van der Waals surface area contributed by atoms with Gasteiger partial charge in [0.05, 0.1) is 5.56 Å². The molecule has 1 aromatic heterocycles. The Morgan fingerprint density at radius 2 is 2.14 bits per heavy atom. The van der Waals surface area contributed by atoms with E-state index in [-0.39, 0.29) is 30.2 Å². The Bertz CT molecular complexity index is 681. The summed E-state index contributed by atoms with van der Waals surface area (Å²) in [5.74, 6) is -1.24. The molecule has 6 nitrogen and oxygen atoms in total. The predicted octanol–water partition coefficient (Wildman–Crippen LogP) is 2.30. The van der Waals surface area contributed by atoms with Crippen molar-refractivity contribution in [3.8, 4) is 0 Å². The summed E-state index contributed by atoms with van der Waals surface area (Å²) in [7, 11) is 0. The highest BCUT2D eigenvalue weighted by molar-refractivity contribution is 9.10. The summed E-state index contributed by atoms with van der Waals surface area (Å²) < 4.78 is 18.8. The number of carbonyl (C=O) groups excluding carboxylic acids is 2. The monoisotopic (exact) mass is 353 g/mol. The molecule has 0 aliphatic rings. The van der Waals surface area contributed by atoms with Crippen molar-refractivity contribution >= 4 is 34.1 Å². The first kappa shape index (κ1) is 15.0. The molecule has 1 amide bonds. The van der Waals surface area contributed by atoms with Gasteiger partial charge in [0.25, 0.3) is 12.4 Å². The Morgan fingerprint density at radius 3 is 2.90 bits per heavy atom. The third kappa shape index (κ3) is 3.82. The van der Waals surface area contributed by atoms with E-state index in [0.717, 1.165) is 0 Å². The van der Waals surface area contributed by atoms with E-state index in [9.17, 15) is 14.0 Å². The van der Waals surface area contributed by atoms with Crippen LogP contribution in [0.15, 0.2) is 35.1 Å². The molecule has 1 heterocycles. The lowest BCUT2D eigenvalue weighted by Gasteiger charge is -2.09. The molecule has 0 aliphatic heterocycles. The first-order valence-corrected chi connectivity index (χ1v) is 6.52. The molecule has 21 heavy (non-hydrogen) atoms. The van der Waals surface area contributed by atoms with Gasteiger partial charge in [0, 0.05) is 16.9 Å². The molecular formula is C13H9BrFN3O3. The van der Waals surface area contributed by atoms with Gasteiger partial charge in [-0.2, -0.15) is 0 Å². The summed E-state index contributed by atoms with van der Waals surface area (Å²) in [4.78, 5) is 30.1. The van der Waals surface area contributed by atoms with Gasteiger partial charge in [-0.05, 0) is 18.2 Å². The summed E-state index contributed by atoms with van der Waals surface area (Å²) in [6.45, 7) is 0.113. The van der Waals surface area contributed by atoms with Gasteiger partial charge in [-0.1, -0.05) is 15.9 Å². The molecule has 0 aliphatic carbocycles. The minimum Gasteiger partial charge on any atom is -0.461 e. The average Bonchev–Trinajstić information content (AvgIpc) is 2.48. The Morgan fingerprint density at radius 1 is 1.38 bits per heavy atom. The SMILES string of the molecule is O=COCc1nccnc1NC(=O)c1cc(Br)ccc1F. The van der Waals surface area contributed by atoms with E-state index in [1.54, 1.807) is 0 Å². The second-order valence-corrected chi connectivity index (χ2v) is 4.75. The molecular weight excluding hydrogens is 345 g/mol. The Kier molecular flexibility index (Phi) is 4.94. The number of carbonyl (C=O) groups is 2. The largest absolute Gasteiger partial charge is 0.461 e. The van der Waals surface area contributed by atoms with Gasteiger partial charge in [-0.3, -0.25) is 14.6 Å². The lowest BCUT2D eigenvalue weighted by atomic mass is 10.2. The van der Waals surface area contributed by atoms with Crippen molar-refractivity contribution < 1.29 is 18.7 Å². The molecule has 1 aromatic carbocycles. The Balaban J connectivity index is 2.23. The molecule has 0 bridgehead atoms. The minimum atomic E-state index is -0.679. The van der Waals surface area contributed by atoms with E-state index in [1.807, 2.05) is 0 Å². The van der Waals surface area contributed by atoms with Crippen molar-refractivity contribution in [1.82, 2.24) is 9.97 Å². The van der Waals surface area contributed by atoms with Crippen LogP contribution in [-0.4, -0.2) is 22.3 Å². The molecule has 2 aromatic rings. The van der Waals surface area contributed by atoms with E-state index < -0.39 is 11.7 Å². The lowest BCUT2D eigenvalue weighted by molar-refractivity contribution is -0.129. The van der Waals surface area contributed by atoms with Gasteiger partial charge in [-0.25, -0.2) is 9.37 Å². The van der Waals surface area contributed by atoms with E-state index >= 15 is 0 Å². The number of nitrogens with one attached hydrogen (secondary N) is 1. The zero-order chi connectivity index (χ0) is 15.2. The number of nitrogens with zero attached hydrogens (tertiary/aromatic N) is 2. The molecule has 0 unspecified atom stereocenters. The van der Waals surface area contributed by atoms with Gasteiger partial charge in [0.15, 0.2) is 5.82 Å². The molecule has 108 valence electrons. The maximum absolute atomic E-state index is 13.6. The zero-order valence-corrected chi connectivity index (χ0v) is 12.1. The fourth-order valence-electron chi connectivity index (χ4n) is 1.54. The molecule has 8 heteroatoms. The van der Waals surface area contributed by atoms with E-state index in [0.29, 0.717) is 4.47 Å². The third-order valence-electron chi connectivity index (χ3n) is 2.47. The lowest BCUT2D eigenvalue weighted by Crippen LogP contribution is -2.17. The number of halogens is 2. The first-order chi connectivity index (χ1) is 10.1. The number of hydrogen-bond donors (Lipinski definition) is 1. The molecule has 0 radical (unpaired) electrons. The van der Waals surface area contributed by atoms with Crippen molar-refractivity contribution in [3.05, 3.63) is 52.1 Å². The summed E-state index contributed by atoms with van der Waals surface area (Å²) in [6.07, 6.45) is 2.75. The molecule has 0 saturated heterocycles. The van der Waals surface area contributed by atoms with Crippen molar-refractivity contribution in [2.24, 2.45) is 0 Å². The van der Waals surface area contributed by atoms with Gasteiger partial charge < -0.3 is 10.1 Å². The van der Waals surface area contributed by atoms with Crippen LogP contribution < -0.4 is 5.32 Å². The fourth-order valence-corrected chi connectivity index (χ4v) is 1.90. The predicted molar refractivity (Wildman–Crippen MR) is 74.9 cm³/mol. The molecule has 0 spiro atoms. The highest BCUT2D eigenvalue weighted by atomic mass is 79.9. The van der Waals surface area contributed by atoms with Crippen molar-refractivity contribution in [2.45, 2.75) is 6.61 Å². The van der Waals surface area contributed by atoms with Crippen LogP contribution in [0, 0.1) is 5.82 Å². The molecule has 0 saturated carbocycles. The highest BCUT2D eigenvalue weighted by Gasteiger charge is 2.15. The Hall–Kier alpha value is -2.35. The van der Waals surface area contributed by atoms with Gasteiger partial charge in [0.2, 0.25) is 0 Å². The number of hydrogen-bond acceptors (Lipinski definition) is 5. The number of rotatable bonds is 5. The average molecular weight is 354 g/mol. The quantitative estimate of drug-likeness (QED) is 0.834. The third-order valence-corrected chi connectivity index (χ3v) is 2.96. The van der Waals surface area contributed by atoms with Crippen LogP contribution in [0.3, 0.4) is 0 Å². The van der Waals surface area contributed by atoms with Gasteiger partial charge >= 0.3 is 0 Å². The molecule has 0 atom stereocenters. The number of anilines is 1. The summed E-state index contributed by atoms with van der Waals surface area (Å²) >= 11 is 3.17. The maximum atomic E-state index is 13.6. The molecule has 0 fully saturated rings. The maximum Gasteiger partial charge on any atom is 0.293 e. The number of aromatic nitrogens is 2. The molecule has 2 rings (SSSR count). The van der Waals surface area contributed by atoms with E-state index in [4.69, 9.17) is 0 Å². The van der Waals surface area contributed by atoms with Crippen LogP contribution in [0.5, 0.6) is 0 Å². The first-order valence-electron chi connectivity index (χ1n) is 5.73. The van der Waals surface area contributed by atoms with Crippen molar-refractivity contribution in [3.63, 3.8) is 0 Å². The zero-order valence-electron chi connectivity index (χ0n) is 10.5. The van der Waals surface area contributed by atoms with Gasteiger partial charge in [0.1, 0.15) is 18.1 Å². The van der Waals surface area contributed by atoms with Crippen LogP contribution in [0.25, 0.3) is 0 Å². The van der Waals surface area contributed by atoms with Crippen LogP contribution in [0.1, 0.15) is 16.1 Å². The summed E-state index contributed by atoms with van der Waals surface area (Å²) in [6, 6.07) is 4.01. The van der Waals surface area contributed by atoms with Crippen molar-refractivity contribution in [1.29, 1.82) is 0 Å². The van der Waals surface area contributed by atoms with E-state index in [1.165, 1.54) is 30.6 Å². The van der Waals surface area contributed by atoms with E-state index in [2.05, 4.69) is 36.0 Å². The van der Waals surface area contributed by atoms with Crippen LogP contribution in [0.2, 0.25) is 0 Å². The second-order valence-electron chi connectivity index (χ2n) is 3.84. The Labute approximate surface area is 127 Å².